The average molecular weight is 350 g/mol. The van der Waals surface area contributed by atoms with Gasteiger partial charge in [0, 0.05) is 20.6 Å². The molecule has 3 aromatic rings. The van der Waals surface area contributed by atoms with Gasteiger partial charge in [-0.1, -0.05) is 39.7 Å². The number of rotatable bonds is 2. The summed E-state index contributed by atoms with van der Waals surface area (Å²) in [4.78, 5) is 0. The van der Waals surface area contributed by atoms with Crippen LogP contribution in [-0.2, 0) is 0 Å². The maximum absolute atomic E-state index is 9.90. The van der Waals surface area contributed by atoms with Gasteiger partial charge in [-0.3, -0.25) is 5.10 Å². The van der Waals surface area contributed by atoms with Crippen molar-refractivity contribution >= 4 is 27.5 Å². The summed E-state index contributed by atoms with van der Waals surface area (Å²) >= 11 is 9.40. The second-order valence-corrected chi connectivity index (χ2v) is 5.69. The molecule has 0 fully saturated rings. The first-order chi connectivity index (χ1) is 9.63. The van der Waals surface area contributed by atoms with Crippen molar-refractivity contribution in [3.8, 4) is 28.3 Å². The minimum Gasteiger partial charge on any atom is -0.507 e. The zero-order valence-corrected chi connectivity index (χ0v) is 12.6. The van der Waals surface area contributed by atoms with Crippen molar-refractivity contribution in [3.05, 3.63) is 58.0 Å². The summed E-state index contributed by atoms with van der Waals surface area (Å²) in [7, 11) is 0. The summed E-state index contributed by atoms with van der Waals surface area (Å²) in [6, 6.07) is 14.7. The number of aromatic nitrogens is 2. The summed E-state index contributed by atoms with van der Waals surface area (Å²) < 4.78 is 0.991. The number of H-pyrrole nitrogens is 1. The Kier molecular flexibility index (Phi) is 3.51. The Labute approximate surface area is 129 Å². The second kappa shape index (κ2) is 5.31. The van der Waals surface area contributed by atoms with Gasteiger partial charge in [0.1, 0.15) is 5.75 Å². The van der Waals surface area contributed by atoms with E-state index in [-0.39, 0.29) is 5.75 Å². The van der Waals surface area contributed by atoms with Gasteiger partial charge in [0.25, 0.3) is 0 Å². The fraction of sp³-hybridized carbons (Fsp3) is 0. The maximum Gasteiger partial charge on any atom is 0.125 e. The number of aromatic hydroxyl groups is 1. The fourth-order valence-corrected chi connectivity index (χ4v) is 2.55. The topological polar surface area (TPSA) is 48.9 Å². The average Bonchev–Trinajstić information content (AvgIpc) is 2.91. The Morgan fingerprint density at radius 1 is 1.10 bits per heavy atom. The quantitative estimate of drug-likeness (QED) is 0.694. The van der Waals surface area contributed by atoms with Gasteiger partial charge in [0.2, 0.25) is 0 Å². The van der Waals surface area contributed by atoms with Crippen molar-refractivity contribution in [3.63, 3.8) is 0 Å². The van der Waals surface area contributed by atoms with E-state index in [0.29, 0.717) is 10.6 Å². The standard InChI is InChI=1S/C15H10BrClN2O/c16-10-3-1-2-9(6-10)13-8-14(19-18-13)12-7-11(17)4-5-15(12)20/h1-8,20H,(H,18,19). The summed E-state index contributed by atoms with van der Waals surface area (Å²) in [5, 5.41) is 17.7. The van der Waals surface area contributed by atoms with Gasteiger partial charge in [-0.25, -0.2) is 0 Å². The largest absolute Gasteiger partial charge is 0.507 e. The number of phenols is 1. The predicted octanol–water partition coefficient (Wildman–Crippen LogP) is 4.87. The molecule has 0 spiro atoms. The monoisotopic (exact) mass is 348 g/mol. The van der Waals surface area contributed by atoms with E-state index in [1.165, 1.54) is 0 Å². The zero-order valence-electron chi connectivity index (χ0n) is 10.3. The van der Waals surface area contributed by atoms with Crippen LogP contribution in [0.4, 0.5) is 0 Å². The molecule has 100 valence electrons. The van der Waals surface area contributed by atoms with E-state index in [1.807, 2.05) is 30.3 Å². The first-order valence-electron chi connectivity index (χ1n) is 5.94. The van der Waals surface area contributed by atoms with E-state index in [0.717, 1.165) is 21.4 Å². The molecule has 2 aromatic carbocycles. The molecule has 0 aliphatic heterocycles. The lowest BCUT2D eigenvalue weighted by atomic mass is 10.1. The lowest BCUT2D eigenvalue weighted by molar-refractivity contribution is 0.477. The van der Waals surface area contributed by atoms with Crippen molar-refractivity contribution in [1.82, 2.24) is 10.2 Å². The van der Waals surface area contributed by atoms with Crippen LogP contribution in [0.3, 0.4) is 0 Å². The molecule has 0 saturated heterocycles. The number of hydrogen-bond acceptors (Lipinski definition) is 2. The maximum atomic E-state index is 9.90. The van der Waals surface area contributed by atoms with E-state index in [4.69, 9.17) is 11.6 Å². The molecule has 0 aliphatic carbocycles. The van der Waals surface area contributed by atoms with Crippen molar-refractivity contribution in [1.29, 1.82) is 0 Å². The van der Waals surface area contributed by atoms with Gasteiger partial charge >= 0.3 is 0 Å². The lowest BCUT2D eigenvalue weighted by Crippen LogP contribution is -1.79. The molecule has 2 N–H and O–H groups in total. The highest BCUT2D eigenvalue weighted by Gasteiger charge is 2.10. The van der Waals surface area contributed by atoms with Gasteiger partial charge < -0.3 is 5.11 Å². The van der Waals surface area contributed by atoms with Gasteiger partial charge in [0.05, 0.1) is 11.4 Å². The highest BCUT2D eigenvalue weighted by atomic mass is 79.9. The van der Waals surface area contributed by atoms with Crippen LogP contribution in [0, 0.1) is 0 Å². The first-order valence-corrected chi connectivity index (χ1v) is 7.11. The molecule has 0 aliphatic rings. The molecule has 0 bridgehead atoms. The molecule has 0 amide bonds. The number of nitrogens with zero attached hydrogens (tertiary/aromatic N) is 1. The summed E-state index contributed by atoms with van der Waals surface area (Å²) in [6.45, 7) is 0. The van der Waals surface area contributed by atoms with Crippen molar-refractivity contribution < 1.29 is 5.11 Å². The smallest absolute Gasteiger partial charge is 0.125 e. The molecular weight excluding hydrogens is 340 g/mol. The Bertz CT molecular complexity index is 770. The molecule has 3 nitrogen and oxygen atoms in total. The zero-order chi connectivity index (χ0) is 14.1. The molecule has 0 radical (unpaired) electrons. The third-order valence-electron chi connectivity index (χ3n) is 2.95. The van der Waals surface area contributed by atoms with Crippen LogP contribution >= 0.6 is 27.5 Å². The third kappa shape index (κ3) is 2.57. The minimum absolute atomic E-state index is 0.166. The number of phenolic OH excluding ortho intramolecular Hbond substituents is 1. The summed E-state index contributed by atoms with van der Waals surface area (Å²) in [5.74, 6) is 0.166. The summed E-state index contributed by atoms with van der Waals surface area (Å²) in [6.07, 6.45) is 0. The highest BCUT2D eigenvalue weighted by molar-refractivity contribution is 9.10. The molecule has 3 rings (SSSR count). The molecule has 0 atom stereocenters. The number of aromatic amines is 1. The van der Waals surface area contributed by atoms with Crippen molar-refractivity contribution in [2.75, 3.05) is 0 Å². The number of nitrogens with one attached hydrogen (secondary N) is 1. The van der Waals surface area contributed by atoms with E-state index >= 15 is 0 Å². The Morgan fingerprint density at radius 2 is 1.95 bits per heavy atom. The predicted molar refractivity (Wildman–Crippen MR) is 83.8 cm³/mol. The van der Waals surface area contributed by atoms with Crippen LogP contribution in [-0.4, -0.2) is 15.3 Å². The fourth-order valence-electron chi connectivity index (χ4n) is 1.98. The number of halogens is 2. The van der Waals surface area contributed by atoms with E-state index in [9.17, 15) is 5.11 Å². The van der Waals surface area contributed by atoms with Crippen LogP contribution in [0.2, 0.25) is 5.02 Å². The summed E-state index contributed by atoms with van der Waals surface area (Å²) in [5.41, 5.74) is 3.15. The molecule has 0 saturated carbocycles. The Hall–Kier alpha value is -1.78. The van der Waals surface area contributed by atoms with Gasteiger partial charge in [-0.15, -0.1) is 0 Å². The second-order valence-electron chi connectivity index (χ2n) is 4.34. The molecule has 1 heterocycles. The van der Waals surface area contributed by atoms with Crippen LogP contribution in [0.15, 0.2) is 53.0 Å². The van der Waals surface area contributed by atoms with Crippen molar-refractivity contribution in [2.45, 2.75) is 0 Å². The molecule has 5 heteroatoms. The normalized spacial score (nSPS) is 10.7. The van der Waals surface area contributed by atoms with E-state index in [1.54, 1.807) is 18.2 Å². The van der Waals surface area contributed by atoms with Crippen LogP contribution < -0.4 is 0 Å². The van der Waals surface area contributed by atoms with E-state index < -0.39 is 0 Å². The minimum atomic E-state index is 0.166. The van der Waals surface area contributed by atoms with Gasteiger partial charge in [0.15, 0.2) is 0 Å². The first kappa shape index (κ1) is 13.2. The van der Waals surface area contributed by atoms with Gasteiger partial charge in [-0.05, 0) is 36.4 Å². The van der Waals surface area contributed by atoms with Crippen molar-refractivity contribution in [2.24, 2.45) is 0 Å². The number of benzene rings is 2. The third-order valence-corrected chi connectivity index (χ3v) is 3.68. The van der Waals surface area contributed by atoms with Crippen LogP contribution in [0.25, 0.3) is 22.5 Å². The van der Waals surface area contributed by atoms with Gasteiger partial charge in [-0.2, -0.15) is 5.10 Å². The van der Waals surface area contributed by atoms with Crippen LogP contribution in [0.1, 0.15) is 0 Å². The molecular formula is C15H10BrClN2O. The Morgan fingerprint density at radius 3 is 2.75 bits per heavy atom. The SMILES string of the molecule is Oc1ccc(Cl)cc1-c1cc(-c2cccc(Br)c2)n[nH]1. The van der Waals surface area contributed by atoms with E-state index in [2.05, 4.69) is 26.1 Å². The van der Waals surface area contributed by atoms with Crippen LogP contribution in [0.5, 0.6) is 5.75 Å². The molecule has 0 unspecified atom stereocenters. The highest BCUT2D eigenvalue weighted by Crippen LogP contribution is 2.32. The number of hydrogen-bond donors (Lipinski definition) is 2. The molecule has 1 aromatic heterocycles. The Balaban J connectivity index is 2.04. The lowest BCUT2D eigenvalue weighted by Gasteiger charge is -2.01. The molecule has 20 heavy (non-hydrogen) atoms.